The van der Waals surface area contributed by atoms with Crippen LogP contribution in [0.1, 0.15) is 24.5 Å². The Kier molecular flexibility index (Phi) is 4.48. The molecule has 0 radical (unpaired) electrons. The van der Waals surface area contributed by atoms with Crippen LogP contribution in [0.3, 0.4) is 0 Å². The van der Waals surface area contributed by atoms with Crippen LogP contribution < -0.4 is 14.8 Å². The summed E-state index contributed by atoms with van der Waals surface area (Å²) in [5.74, 6) is 2.15. The molecule has 1 aromatic rings. The van der Waals surface area contributed by atoms with Gasteiger partial charge in [-0.3, -0.25) is 0 Å². The maximum Gasteiger partial charge on any atom is 0.175 e. The number of halogens is 1. The predicted octanol–water partition coefficient (Wildman–Crippen LogP) is 2.91. The number of benzene rings is 1. The quantitative estimate of drug-likeness (QED) is 0.917. The molecular weight excluding hydrogens is 322 g/mol. The van der Waals surface area contributed by atoms with Crippen molar-refractivity contribution >= 4 is 15.9 Å². The fourth-order valence-electron chi connectivity index (χ4n) is 2.89. The summed E-state index contributed by atoms with van der Waals surface area (Å²) in [6.45, 7) is 3.20. The molecule has 0 aliphatic carbocycles. The molecule has 2 unspecified atom stereocenters. The van der Waals surface area contributed by atoms with Crippen molar-refractivity contribution in [3.8, 4) is 11.5 Å². The van der Waals surface area contributed by atoms with Crippen molar-refractivity contribution in [1.29, 1.82) is 0 Å². The Balaban J connectivity index is 1.90. The van der Waals surface area contributed by atoms with E-state index in [0.717, 1.165) is 42.0 Å². The van der Waals surface area contributed by atoms with Crippen molar-refractivity contribution < 1.29 is 14.2 Å². The van der Waals surface area contributed by atoms with Gasteiger partial charge < -0.3 is 19.5 Å². The molecule has 1 N–H and O–H groups in total. The van der Waals surface area contributed by atoms with Crippen molar-refractivity contribution in [2.24, 2.45) is 5.92 Å². The topological polar surface area (TPSA) is 39.7 Å². The fraction of sp³-hybridized carbons (Fsp3) is 0.600. The Bertz CT molecular complexity index is 480. The monoisotopic (exact) mass is 341 g/mol. The van der Waals surface area contributed by atoms with Gasteiger partial charge in [0.05, 0.1) is 23.8 Å². The highest BCUT2D eigenvalue weighted by atomic mass is 79.9. The second-order valence-electron chi connectivity index (χ2n) is 5.28. The standard InChI is InChI=1S/C15H20BrNO3/c1-17-9-10-3-6-20-14(10)11-7-12(16)15-13(8-11)18-4-2-5-19-15/h7-8,10,14,17H,2-6,9H2,1H3. The Hall–Kier alpha value is -0.780. The van der Waals surface area contributed by atoms with E-state index in [4.69, 9.17) is 14.2 Å². The van der Waals surface area contributed by atoms with Crippen LogP contribution in [0.2, 0.25) is 0 Å². The summed E-state index contributed by atoms with van der Waals surface area (Å²) in [4.78, 5) is 0. The average molecular weight is 342 g/mol. The van der Waals surface area contributed by atoms with Gasteiger partial charge in [0.15, 0.2) is 11.5 Å². The van der Waals surface area contributed by atoms with Crippen molar-refractivity contribution in [3.63, 3.8) is 0 Å². The molecule has 3 rings (SSSR count). The van der Waals surface area contributed by atoms with Crippen molar-refractivity contribution in [2.45, 2.75) is 18.9 Å². The van der Waals surface area contributed by atoms with Crippen LogP contribution in [0.4, 0.5) is 0 Å². The van der Waals surface area contributed by atoms with Gasteiger partial charge in [0.2, 0.25) is 0 Å². The summed E-state index contributed by atoms with van der Waals surface area (Å²) in [6, 6.07) is 4.18. The zero-order valence-electron chi connectivity index (χ0n) is 11.7. The number of nitrogens with one attached hydrogen (secondary N) is 1. The number of ether oxygens (including phenoxy) is 3. The molecule has 2 aliphatic rings. The number of fused-ring (bicyclic) bond motifs is 1. The highest BCUT2D eigenvalue weighted by Gasteiger charge is 2.30. The Morgan fingerprint density at radius 2 is 2.10 bits per heavy atom. The molecule has 20 heavy (non-hydrogen) atoms. The first-order chi connectivity index (χ1) is 9.79. The largest absolute Gasteiger partial charge is 0.490 e. The normalized spacial score (nSPS) is 25.5. The van der Waals surface area contributed by atoms with Gasteiger partial charge in [-0.05, 0) is 47.1 Å². The van der Waals surface area contributed by atoms with Gasteiger partial charge >= 0.3 is 0 Å². The van der Waals surface area contributed by atoms with Crippen LogP contribution in [-0.4, -0.2) is 33.4 Å². The number of rotatable bonds is 3. The first-order valence-corrected chi connectivity index (χ1v) is 7.94. The summed E-state index contributed by atoms with van der Waals surface area (Å²) in [5, 5.41) is 3.25. The summed E-state index contributed by atoms with van der Waals surface area (Å²) in [7, 11) is 1.99. The first kappa shape index (κ1) is 14.2. The third-order valence-electron chi connectivity index (χ3n) is 3.83. The number of hydrogen-bond acceptors (Lipinski definition) is 4. The van der Waals surface area contributed by atoms with E-state index in [1.165, 1.54) is 5.56 Å². The lowest BCUT2D eigenvalue weighted by Gasteiger charge is -2.20. The van der Waals surface area contributed by atoms with Crippen LogP contribution in [0.15, 0.2) is 16.6 Å². The molecule has 1 fully saturated rings. The maximum absolute atomic E-state index is 5.92. The van der Waals surface area contributed by atoms with Gasteiger partial charge in [0.1, 0.15) is 0 Å². The molecular formula is C15H20BrNO3. The minimum atomic E-state index is 0.135. The first-order valence-electron chi connectivity index (χ1n) is 7.15. The molecule has 0 aromatic heterocycles. The van der Waals surface area contributed by atoms with Gasteiger partial charge in [0, 0.05) is 25.5 Å². The Morgan fingerprint density at radius 1 is 1.25 bits per heavy atom. The minimum Gasteiger partial charge on any atom is -0.490 e. The van der Waals surface area contributed by atoms with Crippen LogP contribution in [0, 0.1) is 5.92 Å². The predicted molar refractivity (Wildman–Crippen MR) is 80.5 cm³/mol. The van der Waals surface area contributed by atoms with Crippen LogP contribution in [-0.2, 0) is 4.74 Å². The smallest absolute Gasteiger partial charge is 0.175 e. The lowest BCUT2D eigenvalue weighted by Crippen LogP contribution is -2.21. The Labute approximate surface area is 127 Å². The van der Waals surface area contributed by atoms with E-state index < -0.39 is 0 Å². The van der Waals surface area contributed by atoms with Crippen LogP contribution in [0.5, 0.6) is 11.5 Å². The number of hydrogen-bond donors (Lipinski definition) is 1. The molecule has 110 valence electrons. The highest BCUT2D eigenvalue weighted by Crippen LogP contribution is 2.43. The molecule has 2 aliphatic heterocycles. The van der Waals surface area contributed by atoms with Crippen molar-refractivity contribution in [2.75, 3.05) is 33.4 Å². The Morgan fingerprint density at radius 3 is 2.95 bits per heavy atom. The lowest BCUT2D eigenvalue weighted by molar-refractivity contribution is 0.0906. The van der Waals surface area contributed by atoms with Crippen molar-refractivity contribution in [3.05, 3.63) is 22.2 Å². The molecule has 4 nitrogen and oxygen atoms in total. The van der Waals surface area contributed by atoms with E-state index in [2.05, 4.69) is 33.4 Å². The summed E-state index contributed by atoms with van der Waals surface area (Å²) in [5.41, 5.74) is 1.17. The molecule has 2 atom stereocenters. The maximum atomic E-state index is 5.92. The highest BCUT2D eigenvalue weighted by molar-refractivity contribution is 9.10. The third-order valence-corrected chi connectivity index (χ3v) is 4.42. The molecule has 0 bridgehead atoms. The molecule has 0 amide bonds. The lowest BCUT2D eigenvalue weighted by atomic mass is 9.95. The molecule has 2 heterocycles. The van der Waals surface area contributed by atoms with Gasteiger partial charge in [-0.1, -0.05) is 0 Å². The van der Waals surface area contributed by atoms with E-state index in [0.29, 0.717) is 19.1 Å². The second-order valence-corrected chi connectivity index (χ2v) is 6.13. The van der Waals surface area contributed by atoms with E-state index in [1.807, 2.05) is 7.05 Å². The van der Waals surface area contributed by atoms with Gasteiger partial charge in [-0.2, -0.15) is 0 Å². The van der Waals surface area contributed by atoms with Crippen LogP contribution >= 0.6 is 15.9 Å². The minimum absolute atomic E-state index is 0.135. The second kappa shape index (κ2) is 6.33. The summed E-state index contributed by atoms with van der Waals surface area (Å²) < 4.78 is 18.4. The molecule has 1 aromatic carbocycles. The van der Waals surface area contributed by atoms with E-state index in [9.17, 15) is 0 Å². The van der Waals surface area contributed by atoms with E-state index in [1.54, 1.807) is 0 Å². The molecule has 0 saturated carbocycles. The fourth-order valence-corrected chi connectivity index (χ4v) is 3.46. The summed E-state index contributed by atoms with van der Waals surface area (Å²) >= 11 is 3.60. The van der Waals surface area contributed by atoms with Gasteiger partial charge in [-0.15, -0.1) is 0 Å². The molecule has 0 spiro atoms. The zero-order chi connectivity index (χ0) is 13.9. The third kappa shape index (κ3) is 2.80. The SMILES string of the molecule is CNCC1CCOC1c1cc(Br)c2c(c1)OCCCO2. The van der Waals surface area contributed by atoms with Gasteiger partial charge in [-0.25, -0.2) is 0 Å². The van der Waals surface area contributed by atoms with Gasteiger partial charge in [0.25, 0.3) is 0 Å². The van der Waals surface area contributed by atoms with Crippen LogP contribution in [0.25, 0.3) is 0 Å². The summed E-state index contributed by atoms with van der Waals surface area (Å²) in [6.07, 6.45) is 2.15. The zero-order valence-corrected chi connectivity index (χ0v) is 13.2. The van der Waals surface area contributed by atoms with E-state index >= 15 is 0 Å². The van der Waals surface area contributed by atoms with Crippen molar-refractivity contribution in [1.82, 2.24) is 5.32 Å². The van der Waals surface area contributed by atoms with E-state index in [-0.39, 0.29) is 6.10 Å². The molecule has 1 saturated heterocycles. The average Bonchev–Trinajstić information content (AvgIpc) is 2.76. The molecule has 5 heteroatoms.